The van der Waals surface area contributed by atoms with E-state index in [0.717, 1.165) is 61.3 Å². The van der Waals surface area contributed by atoms with Gasteiger partial charge in [-0.2, -0.15) is 0 Å². The number of carbonyl (C=O) groups is 1. The van der Waals surface area contributed by atoms with Crippen LogP contribution in [0.3, 0.4) is 0 Å². The summed E-state index contributed by atoms with van der Waals surface area (Å²) < 4.78 is 32.7. The quantitative estimate of drug-likeness (QED) is 0.493. The van der Waals surface area contributed by atoms with Gasteiger partial charge in [0.05, 0.1) is 18.7 Å². The summed E-state index contributed by atoms with van der Waals surface area (Å²) >= 11 is 0. The van der Waals surface area contributed by atoms with Crippen LogP contribution in [0.15, 0.2) is 66.7 Å². The molecule has 0 bridgehead atoms. The van der Waals surface area contributed by atoms with Gasteiger partial charge in [-0.05, 0) is 61.4 Å². The summed E-state index contributed by atoms with van der Waals surface area (Å²) in [4.78, 5) is 15.8. The van der Waals surface area contributed by atoms with E-state index in [1.807, 2.05) is 24.4 Å². The minimum absolute atomic E-state index is 0.0190. The minimum atomic E-state index is -0.856. The molecule has 37 heavy (non-hydrogen) atoms. The van der Waals surface area contributed by atoms with Gasteiger partial charge in [-0.25, -0.2) is 4.39 Å². The molecule has 5 rings (SSSR count). The van der Waals surface area contributed by atoms with Gasteiger partial charge < -0.3 is 19.3 Å². The number of pyridine rings is 1. The molecule has 1 aromatic heterocycles. The first-order valence-electron chi connectivity index (χ1n) is 12.9. The molecule has 1 fully saturated rings. The fourth-order valence-electron chi connectivity index (χ4n) is 5.38. The smallest absolute Gasteiger partial charge is 0.304 e. The molecule has 1 saturated heterocycles. The van der Waals surface area contributed by atoms with Crippen LogP contribution in [0.25, 0.3) is 5.57 Å². The van der Waals surface area contributed by atoms with Crippen LogP contribution in [0.2, 0.25) is 0 Å². The fraction of sp³-hybridized carbons (Fsp3) is 0.400. The van der Waals surface area contributed by atoms with E-state index >= 15 is 4.39 Å². The molecule has 2 aromatic rings. The molecule has 1 aliphatic carbocycles. The third kappa shape index (κ3) is 5.77. The lowest BCUT2D eigenvalue weighted by molar-refractivity contribution is -0.137. The lowest BCUT2D eigenvalue weighted by Gasteiger charge is -2.24. The summed E-state index contributed by atoms with van der Waals surface area (Å²) in [5.41, 5.74) is 4.37. The first-order valence-corrected chi connectivity index (χ1v) is 12.9. The van der Waals surface area contributed by atoms with Gasteiger partial charge in [0.1, 0.15) is 23.4 Å². The number of rotatable bonds is 6. The van der Waals surface area contributed by atoms with Crippen LogP contribution in [0.1, 0.15) is 67.2 Å². The molecule has 7 heteroatoms. The van der Waals surface area contributed by atoms with Crippen LogP contribution in [0.4, 0.5) is 4.39 Å². The van der Waals surface area contributed by atoms with Gasteiger partial charge in [-0.3, -0.25) is 9.78 Å². The highest BCUT2D eigenvalue weighted by Gasteiger charge is 2.28. The Bertz CT molecular complexity index is 1230. The zero-order chi connectivity index (χ0) is 25.8. The molecule has 194 valence electrons. The number of allylic oxidation sites excluding steroid dienone is 3. The molecule has 1 N–H and O–H groups in total. The predicted octanol–water partition coefficient (Wildman–Crippen LogP) is 6.35. The Labute approximate surface area is 216 Å². The van der Waals surface area contributed by atoms with Gasteiger partial charge in [0.2, 0.25) is 0 Å². The summed E-state index contributed by atoms with van der Waals surface area (Å²) in [6.45, 7) is 5.81. The van der Waals surface area contributed by atoms with Crippen LogP contribution in [-0.2, 0) is 9.53 Å². The molecule has 0 unspecified atom stereocenters. The van der Waals surface area contributed by atoms with Gasteiger partial charge in [0, 0.05) is 48.4 Å². The van der Waals surface area contributed by atoms with Crippen LogP contribution < -0.4 is 9.47 Å². The molecular formula is C30H32FNO5. The summed E-state index contributed by atoms with van der Waals surface area (Å²) in [6, 6.07) is 9.42. The average molecular weight is 506 g/mol. The Morgan fingerprint density at radius 2 is 2.03 bits per heavy atom. The van der Waals surface area contributed by atoms with Crippen LogP contribution in [-0.4, -0.2) is 42.0 Å². The highest BCUT2D eigenvalue weighted by molar-refractivity contribution is 5.70. The summed E-state index contributed by atoms with van der Waals surface area (Å²) in [6.07, 6.45) is 8.71. The Balaban J connectivity index is 1.31. The van der Waals surface area contributed by atoms with Crippen molar-refractivity contribution >= 4 is 11.5 Å². The van der Waals surface area contributed by atoms with E-state index in [1.165, 1.54) is 6.08 Å². The Hall–Kier alpha value is -3.45. The summed E-state index contributed by atoms with van der Waals surface area (Å²) in [5.74, 6) is 0.0787. The van der Waals surface area contributed by atoms with Crippen LogP contribution in [0, 0.1) is 0 Å². The lowest BCUT2D eigenvalue weighted by Crippen LogP contribution is -2.19. The third-order valence-corrected chi connectivity index (χ3v) is 7.40. The molecule has 3 aliphatic rings. The van der Waals surface area contributed by atoms with Gasteiger partial charge in [-0.1, -0.05) is 24.8 Å². The first-order chi connectivity index (χ1) is 18.0. The number of halogens is 1. The number of aliphatic carboxylic acids is 1. The van der Waals surface area contributed by atoms with Crippen molar-refractivity contribution in [3.8, 4) is 11.5 Å². The molecule has 2 atom stereocenters. The second kappa shape index (κ2) is 11.3. The van der Waals surface area contributed by atoms with Crippen molar-refractivity contribution < 1.29 is 28.5 Å². The largest absolute Gasteiger partial charge is 0.492 e. The van der Waals surface area contributed by atoms with E-state index in [1.54, 1.807) is 12.1 Å². The Morgan fingerprint density at radius 3 is 2.84 bits per heavy atom. The van der Waals surface area contributed by atoms with Crippen LogP contribution in [0.5, 0.6) is 11.5 Å². The zero-order valence-corrected chi connectivity index (χ0v) is 20.8. The molecule has 0 saturated carbocycles. The number of aromatic nitrogens is 1. The van der Waals surface area contributed by atoms with Crippen molar-refractivity contribution in [2.24, 2.45) is 0 Å². The number of ether oxygens (including phenoxy) is 3. The highest BCUT2D eigenvalue weighted by Crippen LogP contribution is 2.40. The molecule has 3 heterocycles. The van der Waals surface area contributed by atoms with Crippen LogP contribution >= 0.6 is 0 Å². The second-order valence-corrected chi connectivity index (χ2v) is 9.86. The standard InChI is InChI=1S/C30H32FNO5/c1-19-26(31)10-7-20(25-5-3-13-32-30(25)21-11-14-35-15-12-21)4-2-6-27(19)37-23-8-9-24-22(16-29(33)34)18-36-28(24)17-23/h3,5,7-10,13,17,21-22,27H,1-2,4,6,11-12,14-16,18H2,(H,33,34)/b20-7+,26-10+/t22-,27-/m1/s1. The van der Waals surface area contributed by atoms with E-state index in [9.17, 15) is 4.79 Å². The number of fused-ring (bicyclic) bond motifs is 1. The van der Waals surface area contributed by atoms with Crippen molar-refractivity contribution in [3.05, 3.63) is 83.5 Å². The first kappa shape index (κ1) is 25.2. The van der Waals surface area contributed by atoms with Gasteiger partial charge in [-0.15, -0.1) is 0 Å². The van der Waals surface area contributed by atoms with E-state index in [4.69, 9.17) is 24.3 Å². The fourth-order valence-corrected chi connectivity index (χ4v) is 5.38. The molecule has 6 nitrogen and oxygen atoms in total. The number of hydrogen-bond acceptors (Lipinski definition) is 5. The van der Waals surface area contributed by atoms with Crippen molar-refractivity contribution in [1.82, 2.24) is 4.98 Å². The highest BCUT2D eigenvalue weighted by atomic mass is 19.1. The number of nitrogens with zero attached hydrogens (tertiary/aromatic N) is 1. The number of carboxylic acid groups (broad SMARTS) is 1. The van der Waals surface area contributed by atoms with Gasteiger partial charge >= 0.3 is 5.97 Å². The maximum atomic E-state index is 15.2. The van der Waals surface area contributed by atoms with Crippen molar-refractivity contribution in [1.29, 1.82) is 0 Å². The summed E-state index contributed by atoms with van der Waals surface area (Å²) in [5, 5.41) is 9.13. The van der Waals surface area contributed by atoms with E-state index < -0.39 is 17.9 Å². The molecular weight excluding hydrogens is 473 g/mol. The van der Waals surface area contributed by atoms with Crippen molar-refractivity contribution in [3.63, 3.8) is 0 Å². The number of hydrogen-bond donors (Lipinski definition) is 1. The maximum Gasteiger partial charge on any atom is 0.304 e. The molecule has 0 radical (unpaired) electrons. The monoisotopic (exact) mass is 505 g/mol. The predicted molar refractivity (Wildman–Crippen MR) is 139 cm³/mol. The normalized spacial score (nSPS) is 25.4. The summed E-state index contributed by atoms with van der Waals surface area (Å²) in [7, 11) is 0. The lowest BCUT2D eigenvalue weighted by atomic mass is 9.88. The van der Waals surface area contributed by atoms with E-state index in [-0.39, 0.29) is 12.3 Å². The average Bonchev–Trinajstić information content (AvgIpc) is 3.32. The van der Waals surface area contributed by atoms with E-state index in [0.29, 0.717) is 36.0 Å². The van der Waals surface area contributed by atoms with Gasteiger partial charge in [0.15, 0.2) is 0 Å². The Kier molecular flexibility index (Phi) is 7.70. The molecule has 0 amide bonds. The van der Waals surface area contributed by atoms with Gasteiger partial charge in [0.25, 0.3) is 0 Å². The molecule has 2 aliphatic heterocycles. The SMILES string of the molecule is C=C1/C(F)=C\C=C(\c2cccnc2C2CCOCC2)CCC[C@H]1Oc1ccc2c(c1)OC[C@H]2CC(=O)O. The van der Waals surface area contributed by atoms with Crippen molar-refractivity contribution in [2.75, 3.05) is 19.8 Å². The topological polar surface area (TPSA) is 77.9 Å². The third-order valence-electron chi connectivity index (χ3n) is 7.40. The van der Waals surface area contributed by atoms with Crippen molar-refractivity contribution in [2.45, 2.75) is 56.5 Å². The van der Waals surface area contributed by atoms with E-state index in [2.05, 4.69) is 12.6 Å². The Morgan fingerprint density at radius 1 is 1.19 bits per heavy atom. The maximum absolute atomic E-state index is 15.2. The number of benzene rings is 1. The molecule has 0 spiro atoms. The second-order valence-electron chi connectivity index (χ2n) is 9.86. The number of carboxylic acids is 1. The minimum Gasteiger partial charge on any atom is -0.492 e. The molecule has 1 aromatic carbocycles. The zero-order valence-electron chi connectivity index (χ0n) is 20.8.